The van der Waals surface area contributed by atoms with E-state index in [4.69, 9.17) is 9.47 Å². The maximum atomic E-state index is 13.1. The highest BCUT2D eigenvalue weighted by Crippen LogP contribution is 2.34. The second-order valence-corrected chi connectivity index (χ2v) is 7.70. The Morgan fingerprint density at radius 2 is 1.56 bits per heavy atom. The SMILES string of the molecule is C=CCOc1ccc(NC(=O)C(=O)N/N=C\c2ccccc2OCC(=O)Nc2ccccc2C(F)(F)F)cc1. The molecule has 3 N–H and O–H groups in total. The lowest BCUT2D eigenvalue weighted by atomic mass is 10.1. The summed E-state index contributed by atoms with van der Waals surface area (Å²) in [6.45, 7) is 3.28. The summed E-state index contributed by atoms with van der Waals surface area (Å²) in [6, 6.07) is 17.2. The highest BCUT2D eigenvalue weighted by Gasteiger charge is 2.33. The molecule has 3 aromatic carbocycles. The third-order valence-electron chi connectivity index (χ3n) is 4.84. The number of carbonyl (C=O) groups excluding carboxylic acids is 3. The second-order valence-electron chi connectivity index (χ2n) is 7.70. The molecule has 202 valence electrons. The molecule has 0 aliphatic rings. The molecule has 39 heavy (non-hydrogen) atoms. The van der Waals surface area contributed by atoms with E-state index in [1.54, 1.807) is 48.5 Å². The molecule has 0 unspecified atom stereocenters. The zero-order chi connectivity index (χ0) is 28.3. The number of hydrogen-bond donors (Lipinski definition) is 3. The van der Waals surface area contributed by atoms with E-state index in [0.29, 0.717) is 23.6 Å². The minimum Gasteiger partial charge on any atom is -0.490 e. The third kappa shape index (κ3) is 8.74. The molecule has 0 spiro atoms. The number of para-hydroxylation sites is 2. The summed E-state index contributed by atoms with van der Waals surface area (Å²) in [6.07, 6.45) is -1.87. The number of anilines is 2. The molecule has 0 radical (unpaired) electrons. The van der Waals surface area contributed by atoms with Gasteiger partial charge in [0.05, 0.1) is 17.5 Å². The monoisotopic (exact) mass is 540 g/mol. The number of halogens is 3. The predicted octanol–water partition coefficient (Wildman–Crippen LogP) is 4.38. The molecule has 0 aromatic heterocycles. The summed E-state index contributed by atoms with van der Waals surface area (Å²) >= 11 is 0. The minimum absolute atomic E-state index is 0.165. The summed E-state index contributed by atoms with van der Waals surface area (Å²) < 4.78 is 50.1. The molecule has 0 saturated carbocycles. The van der Waals surface area contributed by atoms with Crippen LogP contribution >= 0.6 is 0 Å². The van der Waals surface area contributed by atoms with Crippen LogP contribution in [0.5, 0.6) is 11.5 Å². The molecule has 0 atom stereocenters. The molecule has 3 aromatic rings. The molecule has 9 nitrogen and oxygen atoms in total. The van der Waals surface area contributed by atoms with Crippen molar-refractivity contribution in [2.24, 2.45) is 5.10 Å². The number of ether oxygens (including phenoxy) is 2. The van der Waals surface area contributed by atoms with Gasteiger partial charge in [0.2, 0.25) is 0 Å². The van der Waals surface area contributed by atoms with E-state index in [1.807, 2.05) is 0 Å². The van der Waals surface area contributed by atoms with Crippen LogP contribution in [-0.2, 0) is 20.6 Å². The van der Waals surface area contributed by atoms with Crippen LogP contribution in [0.4, 0.5) is 24.5 Å². The standard InChI is InChI=1S/C27H23F3N4O5/c1-2-15-38-20-13-11-19(12-14-20)32-25(36)26(37)34-31-16-18-7-3-6-10-23(18)39-17-24(35)33-22-9-5-4-8-21(22)27(28,29)30/h2-14,16H,1,15,17H2,(H,32,36)(H,33,35)(H,34,37)/b31-16-. The fraction of sp³-hybridized carbons (Fsp3) is 0.111. The number of hydrogen-bond acceptors (Lipinski definition) is 6. The maximum absolute atomic E-state index is 13.1. The minimum atomic E-state index is -4.64. The van der Waals surface area contributed by atoms with Crippen molar-refractivity contribution in [1.82, 2.24) is 5.43 Å². The fourth-order valence-corrected chi connectivity index (χ4v) is 3.08. The Morgan fingerprint density at radius 1 is 0.872 bits per heavy atom. The Bertz CT molecular complexity index is 1360. The fourth-order valence-electron chi connectivity index (χ4n) is 3.08. The molecular formula is C27H23F3N4O5. The molecule has 3 rings (SSSR count). The van der Waals surface area contributed by atoms with Crippen LogP contribution in [0, 0.1) is 0 Å². The smallest absolute Gasteiger partial charge is 0.418 e. The van der Waals surface area contributed by atoms with E-state index in [1.165, 1.54) is 24.4 Å². The first-order valence-electron chi connectivity index (χ1n) is 11.3. The van der Waals surface area contributed by atoms with Crippen LogP contribution in [0.1, 0.15) is 11.1 Å². The van der Waals surface area contributed by atoms with Crippen molar-refractivity contribution in [3.63, 3.8) is 0 Å². The summed E-state index contributed by atoms with van der Waals surface area (Å²) in [5, 5.41) is 8.32. The van der Waals surface area contributed by atoms with Crippen molar-refractivity contribution in [1.29, 1.82) is 0 Å². The normalized spacial score (nSPS) is 10.9. The van der Waals surface area contributed by atoms with Crippen LogP contribution in [0.2, 0.25) is 0 Å². The topological polar surface area (TPSA) is 118 Å². The highest BCUT2D eigenvalue weighted by atomic mass is 19.4. The first-order valence-corrected chi connectivity index (χ1v) is 11.3. The Labute approximate surface area is 221 Å². The molecule has 0 fully saturated rings. The van der Waals surface area contributed by atoms with Gasteiger partial charge in [-0.15, -0.1) is 0 Å². The molecular weight excluding hydrogens is 517 g/mol. The zero-order valence-electron chi connectivity index (χ0n) is 20.3. The van der Waals surface area contributed by atoms with Crippen molar-refractivity contribution in [2.75, 3.05) is 23.8 Å². The number of nitrogens with one attached hydrogen (secondary N) is 3. The van der Waals surface area contributed by atoms with Gasteiger partial charge in [0.1, 0.15) is 18.1 Å². The second kappa shape index (κ2) is 13.4. The zero-order valence-corrected chi connectivity index (χ0v) is 20.3. The summed E-state index contributed by atoms with van der Waals surface area (Å²) in [7, 11) is 0. The van der Waals surface area contributed by atoms with Crippen LogP contribution in [0.25, 0.3) is 0 Å². The Kier molecular flexibility index (Phi) is 9.79. The van der Waals surface area contributed by atoms with Crippen molar-refractivity contribution in [2.45, 2.75) is 6.18 Å². The van der Waals surface area contributed by atoms with E-state index in [-0.39, 0.29) is 5.75 Å². The van der Waals surface area contributed by atoms with Gasteiger partial charge in [-0.1, -0.05) is 36.9 Å². The molecule has 0 aliphatic heterocycles. The first kappa shape index (κ1) is 28.4. The van der Waals surface area contributed by atoms with Gasteiger partial charge in [-0.2, -0.15) is 18.3 Å². The van der Waals surface area contributed by atoms with Crippen LogP contribution < -0.4 is 25.5 Å². The lowest BCUT2D eigenvalue weighted by Crippen LogP contribution is -2.32. The number of carbonyl (C=O) groups is 3. The third-order valence-corrected chi connectivity index (χ3v) is 4.84. The van der Waals surface area contributed by atoms with Gasteiger partial charge in [0.15, 0.2) is 6.61 Å². The van der Waals surface area contributed by atoms with Crippen molar-refractivity contribution < 1.29 is 37.0 Å². The molecule has 0 saturated heterocycles. The van der Waals surface area contributed by atoms with E-state index in [0.717, 1.165) is 12.1 Å². The molecule has 12 heteroatoms. The van der Waals surface area contributed by atoms with Gasteiger partial charge in [0, 0.05) is 11.3 Å². The Balaban J connectivity index is 1.53. The average molecular weight is 540 g/mol. The van der Waals surface area contributed by atoms with Crippen molar-refractivity contribution in [3.05, 3.63) is 96.6 Å². The van der Waals surface area contributed by atoms with E-state index >= 15 is 0 Å². The van der Waals surface area contributed by atoms with Crippen LogP contribution in [0.3, 0.4) is 0 Å². The van der Waals surface area contributed by atoms with Gasteiger partial charge in [-0.3, -0.25) is 14.4 Å². The van der Waals surface area contributed by atoms with Gasteiger partial charge in [-0.25, -0.2) is 5.43 Å². The van der Waals surface area contributed by atoms with Gasteiger partial charge >= 0.3 is 18.0 Å². The quantitative estimate of drug-likeness (QED) is 0.153. The van der Waals surface area contributed by atoms with Crippen molar-refractivity contribution >= 4 is 35.3 Å². The molecule has 3 amide bonds. The summed E-state index contributed by atoms with van der Waals surface area (Å²) in [5.41, 5.74) is 1.39. The Morgan fingerprint density at radius 3 is 2.28 bits per heavy atom. The highest BCUT2D eigenvalue weighted by molar-refractivity contribution is 6.39. The van der Waals surface area contributed by atoms with Gasteiger partial charge < -0.3 is 20.1 Å². The lowest BCUT2D eigenvalue weighted by molar-refractivity contribution is -0.137. The lowest BCUT2D eigenvalue weighted by Gasteiger charge is -2.14. The largest absolute Gasteiger partial charge is 0.490 e. The van der Waals surface area contributed by atoms with Gasteiger partial charge in [0.25, 0.3) is 5.91 Å². The Hall–Kier alpha value is -5.13. The number of rotatable bonds is 10. The maximum Gasteiger partial charge on any atom is 0.418 e. The average Bonchev–Trinajstić information content (AvgIpc) is 2.91. The van der Waals surface area contributed by atoms with E-state index in [9.17, 15) is 27.6 Å². The first-order chi connectivity index (χ1) is 18.7. The molecule has 0 aliphatic carbocycles. The van der Waals surface area contributed by atoms with Gasteiger partial charge in [-0.05, 0) is 48.5 Å². The predicted molar refractivity (Wildman–Crippen MR) is 139 cm³/mol. The summed E-state index contributed by atoms with van der Waals surface area (Å²) in [5.74, 6) is -2.10. The number of nitrogens with zero attached hydrogens (tertiary/aromatic N) is 1. The van der Waals surface area contributed by atoms with Crippen LogP contribution in [0.15, 0.2) is 90.6 Å². The van der Waals surface area contributed by atoms with E-state index in [2.05, 4.69) is 27.7 Å². The summed E-state index contributed by atoms with van der Waals surface area (Å²) in [4.78, 5) is 36.4. The number of alkyl halides is 3. The molecule has 0 heterocycles. The number of benzene rings is 3. The van der Waals surface area contributed by atoms with E-state index < -0.39 is 41.8 Å². The number of amides is 3. The van der Waals surface area contributed by atoms with Crippen LogP contribution in [-0.4, -0.2) is 37.1 Å². The van der Waals surface area contributed by atoms with Crippen molar-refractivity contribution in [3.8, 4) is 11.5 Å². The molecule has 0 bridgehead atoms. The number of hydrazone groups is 1.